The molecule has 7 nitrogen and oxygen atoms in total. The molecule has 0 saturated heterocycles. The van der Waals surface area contributed by atoms with Crippen LogP contribution in [0.3, 0.4) is 0 Å². The summed E-state index contributed by atoms with van der Waals surface area (Å²) in [5.41, 5.74) is 4.15. The van der Waals surface area contributed by atoms with E-state index in [-0.39, 0.29) is 23.7 Å². The van der Waals surface area contributed by atoms with E-state index >= 15 is 0 Å². The number of ketones is 1. The fraction of sp³-hybridized carbons (Fsp3) is 0.448. The van der Waals surface area contributed by atoms with Crippen LogP contribution in [0.1, 0.15) is 44.7 Å². The van der Waals surface area contributed by atoms with Crippen LogP contribution in [0.5, 0.6) is 5.75 Å². The van der Waals surface area contributed by atoms with Crippen molar-refractivity contribution in [3.05, 3.63) is 65.4 Å². The molecule has 0 bridgehead atoms. The minimum atomic E-state index is -0.455. The molecule has 2 aromatic carbocycles. The maximum atomic E-state index is 13.8. The molecule has 1 heterocycles. The third-order valence-corrected chi connectivity index (χ3v) is 6.86. The second-order valence-electron chi connectivity index (χ2n) is 10.8. The number of Topliss-reactive ketones (excluding diaryl/α,β-unsaturated/α-hetero) is 1. The molecule has 7 heteroatoms. The van der Waals surface area contributed by atoms with E-state index in [9.17, 15) is 9.59 Å². The molecule has 2 aliphatic rings. The number of fused-ring (bicyclic) bond motifs is 1. The molecule has 0 unspecified atom stereocenters. The third kappa shape index (κ3) is 5.57. The largest absolute Gasteiger partial charge is 0.496 e. The average Bonchev–Trinajstić information content (AvgIpc) is 2.95. The van der Waals surface area contributed by atoms with Crippen LogP contribution in [0.4, 0.5) is 11.4 Å². The number of amides is 1. The van der Waals surface area contributed by atoms with Gasteiger partial charge >= 0.3 is 0 Å². The van der Waals surface area contributed by atoms with E-state index in [0.29, 0.717) is 18.7 Å². The maximum Gasteiger partial charge on any atom is 0.239 e. The lowest BCUT2D eigenvalue weighted by atomic mass is 9.73. The monoisotopic (exact) mass is 490 g/mol. The lowest BCUT2D eigenvalue weighted by molar-refractivity contribution is -0.120. The van der Waals surface area contributed by atoms with Crippen molar-refractivity contribution in [3.8, 4) is 5.75 Å². The summed E-state index contributed by atoms with van der Waals surface area (Å²) in [6.45, 7) is 5.89. The Morgan fingerprint density at radius 1 is 1.14 bits per heavy atom. The van der Waals surface area contributed by atoms with Crippen molar-refractivity contribution in [2.75, 3.05) is 51.1 Å². The van der Waals surface area contributed by atoms with Crippen molar-refractivity contribution in [3.63, 3.8) is 0 Å². The van der Waals surface area contributed by atoms with E-state index in [4.69, 9.17) is 4.74 Å². The highest BCUT2D eigenvalue weighted by Gasteiger charge is 2.42. The number of para-hydroxylation sites is 3. The van der Waals surface area contributed by atoms with Crippen LogP contribution >= 0.6 is 0 Å². The maximum absolute atomic E-state index is 13.8. The summed E-state index contributed by atoms with van der Waals surface area (Å²) in [6.07, 6.45) is 2.08. The number of allylic oxidation sites excluding steroid dienone is 1. The molecule has 1 aliphatic heterocycles. The van der Waals surface area contributed by atoms with Crippen LogP contribution < -0.4 is 20.3 Å². The number of rotatable bonds is 8. The topological polar surface area (TPSA) is 73.9 Å². The molecular weight excluding hydrogens is 452 g/mol. The summed E-state index contributed by atoms with van der Waals surface area (Å²) in [5.74, 6) is 0.729. The van der Waals surface area contributed by atoms with Gasteiger partial charge in [0.1, 0.15) is 5.75 Å². The zero-order chi connectivity index (χ0) is 25.9. The number of methoxy groups -OCH3 is 1. The molecule has 0 spiro atoms. The summed E-state index contributed by atoms with van der Waals surface area (Å²) in [5, 5.41) is 6.67. The number of hydrogen-bond acceptors (Lipinski definition) is 6. The summed E-state index contributed by atoms with van der Waals surface area (Å²) >= 11 is 0. The number of hydrogen-bond donors (Lipinski definition) is 2. The van der Waals surface area contributed by atoms with Gasteiger partial charge in [-0.3, -0.25) is 9.59 Å². The molecule has 0 fully saturated rings. The van der Waals surface area contributed by atoms with E-state index < -0.39 is 6.04 Å². The predicted molar refractivity (Wildman–Crippen MR) is 144 cm³/mol. The first-order chi connectivity index (χ1) is 17.2. The number of nitrogens with zero attached hydrogens (tertiary/aromatic N) is 2. The van der Waals surface area contributed by atoms with Gasteiger partial charge in [-0.25, -0.2) is 0 Å². The molecule has 0 aromatic heterocycles. The second kappa shape index (κ2) is 10.7. The molecule has 36 heavy (non-hydrogen) atoms. The van der Waals surface area contributed by atoms with Crippen molar-refractivity contribution in [2.45, 2.75) is 39.2 Å². The van der Waals surface area contributed by atoms with Gasteiger partial charge in [0.25, 0.3) is 0 Å². The molecule has 1 aliphatic carbocycles. The first-order valence-electron chi connectivity index (χ1n) is 12.6. The highest BCUT2D eigenvalue weighted by molar-refractivity contribution is 6.02. The molecule has 4 rings (SSSR count). The van der Waals surface area contributed by atoms with Crippen LogP contribution in [0.15, 0.2) is 59.8 Å². The Hall–Kier alpha value is -3.32. The van der Waals surface area contributed by atoms with Gasteiger partial charge in [0.15, 0.2) is 5.78 Å². The average molecular weight is 491 g/mol. The summed E-state index contributed by atoms with van der Waals surface area (Å²) in [6, 6.07) is 15.3. The first-order valence-corrected chi connectivity index (χ1v) is 12.6. The Balaban J connectivity index is 1.81. The first kappa shape index (κ1) is 25.8. The highest BCUT2D eigenvalue weighted by atomic mass is 16.5. The number of ether oxygens (including phenoxy) is 1. The minimum Gasteiger partial charge on any atom is -0.496 e. The fourth-order valence-corrected chi connectivity index (χ4v) is 5.28. The molecular formula is C29H38N4O3. The molecule has 192 valence electrons. The van der Waals surface area contributed by atoms with Gasteiger partial charge in [-0.2, -0.15) is 0 Å². The third-order valence-electron chi connectivity index (χ3n) is 6.86. The highest BCUT2D eigenvalue weighted by Crippen LogP contribution is 2.49. The van der Waals surface area contributed by atoms with Gasteiger partial charge in [0.2, 0.25) is 5.91 Å². The van der Waals surface area contributed by atoms with Crippen LogP contribution in [-0.4, -0.2) is 57.4 Å². The fourth-order valence-electron chi connectivity index (χ4n) is 5.28. The Labute approximate surface area is 214 Å². The van der Waals surface area contributed by atoms with Gasteiger partial charge in [0.05, 0.1) is 31.1 Å². The normalized spacial score (nSPS) is 18.8. The predicted octanol–water partition coefficient (Wildman–Crippen LogP) is 4.38. The Bertz CT molecular complexity index is 1150. The molecule has 1 atom stereocenters. The van der Waals surface area contributed by atoms with Crippen LogP contribution in [-0.2, 0) is 9.59 Å². The van der Waals surface area contributed by atoms with Gasteiger partial charge in [-0.1, -0.05) is 44.2 Å². The minimum absolute atomic E-state index is 0.0731. The summed E-state index contributed by atoms with van der Waals surface area (Å²) < 4.78 is 5.75. The van der Waals surface area contributed by atoms with Gasteiger partial charge in [0, 0.05) is 29.8 Å². The second-order valence-corrected chi connectivity index (χ2v) is 10.8. The zero-order valence-electron chi connectivity index (χ0n) is 22.1. The van der Waals surface area contributed by atoms with E-state index in [0.717, 1.165) is 47.6 Å². The zero-order valence-corrected chi connectivity index (χ0v) is 22.1. The lowest BCUT2D eigenvalue weighted by Gasteiger charge is -2.38. The Kier molecular flexibility index (Phi) is 7.69. The van der Waals surface area contributed by atoms with E-state index in [2.05, 4.69) is 34.3 Å². The summed E-state index contributed by atoms with van der Waals surface area (Å²) in [4.78, 5) is 31.2. The van der Waals surface area contributed by atoms with E-state index in [1.165, 1.54) is 0 Å². The molecule has 0 saturated carbocycles. The lowest BCUT2D eigenvalue weighted by Crippen LogP contribution is -2.42. The van der Waals surface area contributed by atoms with E-state index in [1.807, 2.05) is 62.6 Å². The smallest absolute Gasteiger partial charge is 0.239 e. The molecule has 0 radical (unpaired) electrons. The SMILES string of the molecule is COc1ccccc1[C@H]1C2=C(CC(C)(C)CC2=O)Nc2ccccc2N1CC(=O)NCCCN(C)C. The van der Waals surface area contributed by atoms with Crippen LogP contribution in [0.25, 0.3) is 0 Å². The summed E-state index contributed by atoms with van der Waals surface area (Å²) in [7, 11) is 5.69. The molecule has 2 aromatic rings. The van der Waals surface area contributed by atoms with Crippen molar-refractivity contribution in [1.29, 1.82) is 0 Å². The quantitative estimate of drug-likeness (QED) is 0.535. The number of anilines is 2. The van der Waals surface area contributed by atoms with Gasteiger partial charge in [-0.15, -0.1) is 0 Å². The van der Waals surface area contributed by atoms with Gasteiger partial charge in [-0.05, 0) is 57.1 Å². The van der Waals surface area contributed by atoms with Gasteiger partial charge < -0.3 is 25.2 Å². The molecule has 2 N–H and O–H groups in total. The number of carbonyl (C=O) groups excluding carboxylic acids is 2. The van der Waals surface area contributed by atoms with Crippen molar-refractivity contribution in [2.24, 2.45) is 5.41 Å². The number of nitrogens with one attached hydrogen (secondary N) is 2. The Morgan fingerprint density at radius 3 is 2.61 bits per heavy atom. The van der Waals surface area contributed by atoms with Crippen molar-refractivity contribution in [1.82, 2.24) is 10.2 Å². The van der Waals surface area contributed by atoms with E-state index in [1.54, 1.807) is 7.11 Å². The van der Waals surface area contributed by atoms with Crippen LogP contribution in [0.2, 0.25) is 0 Å². The van der Waals surface area contributed by atoms with Crippen LogP contribution in [0, 0.1) is 5.41 Å². The Morgan fingerprint density at radius 2 is 1.86 bits per heavy atom. The molecule has 1 amide bonds. The number of benzene rings is 2. The number of carbonyl (C=O) groups is 2. The van der Waals surface area contributed by atoms with Crippen molar-refractivity contribution >= 4 is 23.1 Å². The van der Waals surface area contributed by atoms with Crippen molar-refractivity contribution < 1.29 is 14.3 Å². The standard InChI is InChI=1S/C29H38N4O3/c1-29(2)17-22-27(24(34)18-29)28(20-11-6-9-14-25(20)36-5)33(23-13-8-7-12-21(23)31-22)19-26(35)30-15-10-16-32(3)4/h6-9,11-14,28,31H,10,15-19H2,1-5H3,(H,30,35)/t28-/m0/s1.